The van der Waals surface area contributed by atoms with Gasteiger partial charge in [0.25, 0.3) is 0 Å². The van der Waals surface area contributed by atoms with Gasteiger partial charge in [0, 0.05) is 38.6 Å². The third-order valence-electron chi connectivity index (χ3n) is 4.39. The van der Waals surface area contributed by atoms with Crippen molar-refractivity contribution in [2.45, 2.75) is 20.3 Å². The molecule has 5 heteroatoms. The molecule has 1 amide bonds. The number of nitrogens with zero attached hydrogens (tertiary/aromatic N) is 4. The number of piperazine rings is 1. The van der Waals surface area contributed by atoms with Gasteiger partial charge in [-0.05, 0) is 36.6 Å². The third-order valence-corrected chi connectivity index (χ3v) is 4.39. The zero-order valence-electron chi connectivity index (χ0n) is 13.7. The first-order chi connectivity index (χ1) is 11.1. The summed E-state index contributed by atoms with van der Waals surface area (Å²) in [6.45, 7) is 7.18. The van der Waals surface area contributed by atoms with E-state index in [2.05, 4.69) is 40.8 Å². The predicted molar refractivity (Wildman–Crippen MR) is 90.4 cm³/mol. The van der Waals surface area contributed by atoms with Gasteiger partial charge in [0.1, 0.15) is 0 Å². The highest BCUT2D eigenvalue weighted by atomic mass is 16.2. The standard InChI is InChI=1S/C18H22N4O/c1-14-4-5-16(12-15(14)2)13-17(23)21-8-10-22(11-9-21)18-19-6-3-7-20-18/h3-7,12H,8-11,13H2,1-2H3. The molecule has 0 spiro atoms. The fraction of sp³-hybridized carbons (Fsp3) is 0.389. The van der Waals surface area contributed by atoms with Crippen molar-refractivity contribution in [3.05, 3.63) is 53.3 Å². The smallest absolute Gasteiger partial charge is 0.227 e. The third kappa shape index (κ3) is 3.67. The molecule has 23 heavy (non-hydrogen) atoms. The van der Waals surface area contributed by atoms with Crippen molar-refractivity contribution in [2.75, 3.05) is 31.1 Å². The molecule has 1 aromatic carbocycles. The van der Waals surface area contributed by atoms with Crippen LogP contribution in [0.5, 0.6) is 0 Å². The van der Waals surface area contributed by atoms with Crippen LogP contribution in [0, 0.1) is 13.8 Å². The molecule has 0 unspecified atom stereocenters. The van der Waals surface area contributed by atoms with E-state index in [1.807, 2.05) is 17.0 Å². The van der Waals surface area contributed by atoms with Crippen molar-refractivity contribution < 1.29 is 4.79 Å². The Morgan fingerprint density at radius 1 is 1.04 bits per heavy atom. The number of carbonyl (C=O) groups is 1. The highest BCUT2D eigenvalue weighted by molar-refractivity contribution is 5.79. The fourth-order valence-corrected chi connectivity index (χ4v) is 2.81. The summed E-state index contributed by atoms with van der Waals surface area (Å²) in [6, 6.07) is 8.06. The van der Waals surface area contributed by atoms with Crippen LogP contribution in [-0.2, 0) is 11.2 Å². The number of hydrogen-bond acceptors (Lipinski definition) is 4. The number of anilines is 1. The van der Waals surface area contributed by atoms with E-state index in [1.54, 1.807) is 12.4 Å². The topological polar surface area (TPSA) is 49.3 Å². The molecular formula is C18H22N4O. The van der Waals surface area contributed by atoms with Crippen LogP contribution in [-0.4, -0.2) is 47.0 Å². The Hall–Kier alpha value is -2.43. The van der Waals surface area contributed by atoms with E-state index in [1.165, 1.54) is 11.1 Å². The van der Waals surface area contributed by atoms with Gasteiger partial charge in [-0.1, -0.05) is 18.2 Å². The molecule has 1 aromatic heterocycles. The first kappa shape index (κ1) is 15.5. The summed E-state index contributed by atoms with van der Waals surface area (Å²) in [4.78, 5) is 25.1. The normalized spacial score (nSPS) is 14.9. The molecule has 0 bridgehead atoms. The summed E-state index contributed by atoms with van der Waals surface area (Å²) < 4.78 is 0. The van der Waals surface area contributed by atoms with Gasteiger partial charge in [-0.2, -0.15) is 0 Å². The van der Waals surface area contributed by atoms with E-state index in [4.69, 9.17) is 0 Å². The quantitative estimate of drug-likeness (QED) is 0.870. The van der Waals surface area contributed by atoms with Gasteiger partial charge in [-0.15, -0.1) is 0 Å². The highest BCUT2D eigenvalue weighted by Gasteiger charge is 2.22. The Morgan fingerprint density at radius 3 is 2.39 bits per heavy atom. The molecule has 0 aliphatic carbocycles. The van der Waals surface area contributed by atoms with E-state index in [0.717, 1.165) is 37.7 Å². The molecule has 5 nitrogen and oxygen atoms in total. The van der Waals surface area contributed by atoms with E-state index in [9.17, 15) is 4.79 Å². The maximum absolute atomic E-state index is 12.5. The lowest BCUT2D eigenvalue weighted by Crippen LogP contribution is -2.49. The van der Waals surface area contributed by atoms with Crippen LogP contribution in [0.2, 0.25) is 0 Å². The number of carbonyl (C=O) groups excluding carboxylic acids is 1. The van der Waals surface area contributed by atoms with E-state index < -0.39 is 0 Å². The van der Waals surface area contributed by atoms with Crippen molar-refractivity contribution in [1.82, 2.24) is 14.9 Å². The van der Waals surface area contributed by atoms with E-state index >= 15 is 0 Å². The lowest BCUT2D eigenvalue weighted by molar-refractivity contribution is -0.130. The molecule has 3 rings (SSSR count). The second-order valence-corrected chi connectivity index (χ2v) is 6.01. The molecule has 1 aliphatic rings. The summed E-state index contributed by atoms with van der Waals surface area (Å²) in [6.07, 6.45) is 3.97. The molecular weight excluding hydrogens is 288 g/mol. The number of hydrogen-bond donors (Lipinski definition) is 0. The van der Waals surface area contributed by atoms with Crippen LogP contribution < -0.4 is 4.90 Å². The molecule has 0 N–H and O–H groups in total. The molecule has 0 atom stereocenters. The molecule has 1 fully saturated rings. The van der Waals surface area contributed by atoms with E-state index in [-0.39, 0.29) is 5.91 Å². The average Bonchev–Trinajstić information content (AvgIpc) is 2.59. The first-order valence-electron chi connectivity index (χ1n) is 7.99. The number of amides is 1. The summed E-state index contributed by atoms with van der Waals surface area (Å²) in [5, 5.41) is 0. The monoisotopic (exact) mass is 310 g/mol. The van der Waals surface area contributed by atoms with Crippen molar-refractivity contribution in [2.24, 2.45) is 0 Å². The maximum atomic E-state index is 12.5. The maximum Gasteiger partial charge on any atom is 0.227 e. The lowest BCUT2D eigenvalue weighted by Gasteiger charge is -2.34. The Labute approximate surface area is 137 Å². The molecule has 2 aromatic rings. The van der Waals surface area contributed by atoms with Crippen molar-refractivity contribution in [1.29, 1.82) is 0 Å². The number of aryl methyl sites for hydroxylation is 2. The number of aromatic nitrogens is 2. The van der Waals surface area contributed by atoms with E-state index in [0.29, 0.717) is 6.42 Å². The van der Waals surface area contributed by atoms with Crippen molar-refractivity contribution in [3.63, 3.8) is 0 Å². The van der Waals surface area contributed by atoms with Gasteiger partial charge >= 0.3 is 0 Å². The SMILES string of the molecule is Cc1ccc(CC(=O)N2CCN(c3ncccn3)CC2)cc1C. The van der Waals surface area contributed by atoms with Crippen LogP contribution >= 0.6 is 0 Å². The predicted octanol–water partition coefficient (Wildman–Crippen LogP) is 1.98. The van der Waals surface area contributed by atoms with Gasteiger partial charge in [0.05, 0.1) is 6.42 Å². The molecule has 1 saturated heterocycles. The van der Waals surface area contributed by atoms with Crippen molar-refractivity contribution >= 4 is 11.9 Å². The first-order valence-corrected chi connectivity index (χ1v) is 7.99. The van der Waals surface area contributed by atoms with Crippen LogP contribution in [0.4, 0.5) is 5.95 Å². The van der Waals surface area contributed by atoms with Gasteiger partial charge in [0.15, 0.2) is 0 Å². The summed E-state index contributed by atoms with van der Waals surface area (Å²) in [5.74, 6) is 0.940. The van der Waals surface area contributed by atoms with Gasteiger partial charge in [0.2, 0.25) is 11.9 Å². The minimum absolute atomic E-state index is 0.196. The Bertz CT molecular complexity index is 679. The molecule has 1 aliphatic heterocycles. The van der Waals surface area contributed by atoms with Gasteiger partial charge in [-0.3, -0.25) is 4.79 Å². The zero-order chi connectivity index (χ0) is 16.2. The van der Waals surface area contributed by atoms with Crippen LogP contribution in [0.1, 0.15) is 16.7 Å². The fourth-order valence-electron chi connectivity index (χ4n) is 2.81. The van der Waals surface area contributed by atoms with Crippen LogP contribution in [0.15, 0.2) is 36.7 Å². The Balaban J connectivity index is 1.57. The summed E-state index contributed by atoms with van der Waals surface area (Å²) in [5.41, 5.74) is 3.59. The van der Waals surface area contributed by atoms with Gasteiger partial charge in [-0.25, -0.2) is 9.97 Å². The zero-order valence-corrected chi connectivity index (χ0v) is 13.7. The summed E-state index contributed by atoms with van der Waals surface area (Å²) in [7, 11) is 0. The van der Waals surface area contributed by atoms with Gasteiger partial charge < -0.3 is 9.80 Å². The molecule has 120 valence electrons. The minimum atomic E-state index is 0.196. The average molecular weight is 310 g/mol. The Morgan fingerprint density at radius 2 is 1.74 bits per heavy atom. The highest BCUT2D eigenvalue weighted by Crippen LogP contribution is 2.13. The number of rotatable bonds is 3. The molecule has 0 saturated carbocycles. The van der Waals surface area contributed by atoms with Crippen LogP contribution in [0.25, 0.3) is 0 Å². The van der Waals surface area contributed by atoms with Crippen molar-refractivity contribution in [3.8, 4) is 0 Å². The minimum Gasteiger partial charge on any atom is -0.339 e. The summed E-state index contributed by atoms with van der Waals surface area (Å²) >= 11 is 0. The molecule has 2 heterocycles. The second kappa shape index (κ2) is 6.77. The Kier molecular flexibility index (Phi) is 4.55. The van der Waals surface area contributed by atoms with Crippen LogP contribution in [0.3, 0.4) is 0 Å². The molecule has 0 radical (unpaired) electrons. The number of benzene rings is 1. The second-order valence-electron chi connectivity index (χ2n) is 6.01. The lowest BCUT2D eigenvalue weighted by atomic mass is 10.0. The largest absolute Gasteiger partial charge is 0.339 e.